The maximum atomic E-state index is 4.65. The second-order valence-corrected chi connectivity index (χ2v) is 23.6. The summed E-state index contributed by atoms with van der Waals surface area (Å²) in [6.45, 7) is 0. The van der Waals surface area contributed by atoms with Crippen LogP contribution in [-0.4, -0.2) is 34.9 Å². The molecular formula is C67H41N7S4. The summed E-state index contributed by atoms with van der Waals surface area (Å²) in [5, 5.41) is 0. The second-order valence-electron chi connectivity index (χ2n) is 19.3. The van der Waals surface area contributed by atoms with Gasteiger partial charge >= 0.3 is 0 Å². The Hall–Kier alpha value is -8.45. The van der Waals surface area contributed by atoms with E-state index in [4.69, 9.17) is 0 Å². The average molecular weight is 1070 g/mol. The Bertz CT molecular complexity index is 3750. The molecule has 0 saturated carbocycles. The fourth-order valence-electron chi connectivity index (χ4n) is 11.9. The van der Waals surface area contributed by atoms with Gasteiger partial charge in [0.15, 0.2) is 5.82 Å². The van der Waals surface area contributed by atoms with E-state index in [1.165, 1.54) is 83.7 Å². The van der Waals surface area contributed by atoms with E-state index in [-0.39, 0.29) is 0 Å². The highest BCUT2D eigenvalue weighted by atomic mass is 32.2. The van der Waals surface area contributed by atoms with Crippen LogP contribution < -0.4 is 0 Å². The lowest BCUT2D eigenvalue weighted by atomic mass is 9.64. The minimum atomic E-state index is -0.450. The maximum absolute atomic E-state index is 4.65. The lowest BCUT2D eigenvalue weighted by Gasteiger charge is -2.45. The van der Waals surface area contributed by atoms with Gasteiger partial charge < -0.3 is 0 Å². The van der Waals surface area contributed by atoms with Gasteiger partial charge in [0.05, 0.1) is 22.2 Å². The summed E-state index contributed by atoms with van der Waals surface area (Å²) in [6.07, 6.45) is 12.2. The van der Waals surface area contributed by atoms with E-state index >= 15 is 0 Å². The lowest BCUT2D eigenvalue weighted by molar-refractivity contribution is 0.667. The largest absolute Gasteiger partial charge is 0.256 e. The molecule has 0 N–H and O–H groups in total. The number of hydrogen-bond acceptors (Lipinski definition) is 11. The molecule has 0 atom stereocenters. The fourth-order valence-corrected chi connectivity index (χ4v) is 16.8. The summed E-state index contributed by atoms with van der Waals surface area (Å²) in [5.74, 6) is 0.676. The van der Waals surface area contributed by atoms with E-state index in [0.717, 1.165) is 39.2 Å². The van der Waals surface area contributed by atoms with Gasteiger partial charge in [0.25, 0.3) is 0 Å². The van der Waals surface area contributed by atoms with Crippen molar-refractivity contribution in [1.82, 2.24) is 34.9 Å². The third-order valence-electron chi connectivity index (χ3n) is 15.2. The van der Waals surface area contributed by atoms with Crippen molar-refractivity contribution in [3.8, 4) is 45.0 Å². The van der Waals surface area contributed by atoms with E-state index in [1.54, 1.807) is 19.0 Å². The molecule has 0 radical (unpaired) electrons. The quantitative estimate of drug-likeness (QED) is 0.169. The Labute approximate surface area is 468 Å². The molecule has 368 valence electrons. The minimum Gasteiger partial charge on any atom is -0.256 e. The highest BCUT2D eigenvalue weighted by Gasteiger charge is 2.50. The van der Waals surface area contributed by atoms with Crippen molar-refractivity contribution < 1.29 is 0 Å². The molecule has 4 aliphatic rings. The molecule has 0 saturated heterocycles. The SMILES string of the molecule is c1ccc(-c2ccc3c(c2)Sc2cc(-c4cncnc4)ccc2C32c3ccccc3Sc3ccccc32)nc1.c1ccc(-c2ccc3c(c2)Sc2cc(-c4ncncn4)ccc2C32c3ccccc3Sc3ccccc32)nc1. The second kappa shape index (κ2) is 19.2. The summed E-state index contributed by atoms with van der Waals surface area (Å²) in [7, 11) is 0. The Morgan fingerprint density at radius 3 is 1.03 bits per heavy atom. The molecule has 4 aliphatic heterocycles. The smallest absolute Gasteiger partial charge is 0.162 e. The summed E-state index contributed by atoms with van der Waals surface area (Å²) in [5.41, 5.74) is 16.9. The number of benzene rings is 8. The fraction of sp³-hybridized carbons (Fsp3) is 0.0299. The van der Waals surface area contributed by atoms with Gasteiger partial charge in [-0.25, -0.2) is 24.9 Å². The van der Waals surface area contributed by atoms with Gasteiger partial charge in [0.2, 0.25) is 0 Å². The van der Waals surface area contributed by atoms with Gasteiger partial charge in [-0.15, -0.1) is 0 Å². The minimum absolute atomic E-state index is 0.428. The van der Waals surface area contributed by atoms with Crippen LogP contribution in [0.5, 0.6) is 0 Å². The molecule has 8 heterocycles. The van der Waals surface area contributed by atoms with Crippen molar-refractivity contribution in [2.24, 2.45) is 0 Å². The number of hydrogen-bond donors (Lipinski definition) is 0. The van der Waals surface area contributed by atoms with Crippen LogP contribution in [0.2, 0.25) is 0 Å². The number of fused-ring (bicyclic) bond motifs is 16. The molecule has 11 heteroatoms. The van der Waals surface area contributed by atoms with Crippen molar-refractivity contribution in [3.63, 3.8) is 0 Å². The monoisotopic (exact) mass is 1070 g/mol. The molecule has 2 spiro atoms. The first-order chi connectivity index (χ1) is 38.6. The van der Waals surface area contributed by atoms with E-state index in [1.807, 2.05) is 96.1 Å². The van der Waals surface area contributed by atoms with Crippen LogP contribution in [0.3, 0.4) is 0 Å². The highest BCUT2D eigenvalue weighted by Crippen LogP contribution is 2.64. The molecule has 0 aliphatic carbocycles. The summed E-state index contributed by atoms with van der Waals surface area (Å²) in [6, 6.07) is 74.9. The first kappa shape index (κ1) is 46.8. The van der Waals surface area contributed by atoms with Gasteiger partial charge in [0, 0.05) is 86.2 Å². The van der Waals surface area contributed by atoms with E-state index < -0.39 is 10.8 Å². The van der Waals surface area contributed by atoms with Crippen molar-refractivity contribution in [3.05, 3.63) is 295 Å². The summed E-state index contributed by atoms with van der Waals surface area (Å²) in [4.78, 5) is 40.8. The third-order valence-corrected chi connectivity index (χ3v) is 19.7. The number of aromatic nitrogens is 7. The van der Waals surface area contributed by atoms with E-state index in [2.05, 4.69) is 217 Å². The normalized spacial score (nSPS) is 14.2. The molecule has 0 unspecified atom stereocenters. The molecule has 8 aromatic carbocycles. The topological polar surface area (TPSA) is 90.2 Å². The molecule has 7 nitrogen and oxygen atoms in total. The standard InChI is InChI=1S/C34H21N3S2.C33H20N4S2/c1-3-10-30-25(7-1)34(26-8-2-4-11-31(26)38-30)27-14-12-22(24-19-35-21-36-20-24)17-32(27)39-33-18-23(13-15-28(33)34)29-9-5-6-16-37-29;1-3-10-28-23(7-1)33(24-8-2-4-11-29(24)38-28)25-14-12-21(27-9-5-6-16-35-27)17-30(25)39-31-18-22(13-15-26(31)33)32-36-19-34-20-37-32/h1-21H;1-20H. The predicted molar refractivity (Wildman–Crippen MR) is 312 cm³/mol. The van der Waals surface area contributed by atoms with Crippen LogP contribution in [-0.2, 0) is 10.8 Å². The summed E-state index contributed by atoms with van der Waals surface area (Å²) < 4.78 is 0. The number of rotatable bonds is 4. The zero-order chi connectivity index (χ0) is 51.6. The molecule has 4 aromatic heterocycles. The molecule has 78 heavy (non-hydrogen) atoms. The van der Waals surface area contributed by atoms with Gasteiger partial charge in [-0.1, -0.05) is 181 Å². The van der Waals surface area contributed by atoms with Crippen molar-refractivity contribution in [2.45, 2.75) is 50.0 Å². The Balaban J connectivity index is 0.000000136. The predicted octanol–water partition coefficient (Wildman–Crippen LogP) is 16.4. The van der Waals surface area contributed by atoms with Crippen LogP contribution >= 0.6 is 47.0 Å². The van der Waals surface area contributed by atoms with E-state index in [0.29, 0.717) is 5.82 Å². The van der Waals surface area contributed by atoms with Crippen LogP contribution in [0.4, 0.5) is 0 Å². The molecule has 16 rings (SSSR count). The molecule has 12 aromatic rings. The van der Waals surface area contributed by atoms with Crippen molar-refractivity contribution >= 4 is 47.0 Å². The number of nitrogens with zero attached hydrogens (tertiary/aromatic N) is 7. The average Bonchev–Trinajstić information content (AvgIpc) is 3.09. The molecule has 0 amide bonds. The van der Waals surface area contributed by atoms with E-state index in [9.17, 15) is 0 Å². The van der Waals surface area contributed by atoms with Crippen molar-refractivity contribution in [2.75, 3.05) is 0 Å². The maximum Gasteiger partial charge on any atom is 0.162 e. The lowest BCUT2D eigenvalue weighted by Crippen LogP contribution is -2.36. The summed E-state index contributed by atoms with van der Waals surface area (Å²) >= 11 is 7.37. The third kappa shape index (κ3) is 7.51. The van der Waals surface area contributed by atoms with Gasteiger partial charge in [-0.3, -0.25) is 9.97 Å². The van der Waals surface area contributed by atoms with Crippen molar-refractivity contribution in [1.29, 1.82) is 0 Å². The van der Waals surface area contributed by atoms with Gasteiger partial charge in [-0.2, -0.15) is 0 Å². The molecule has 0 bridgehead atoms. The highest BCUT2D eigenvalue weighted by molar-refractivity contribution is 8.00. The zero-order valence-corrected chi connectivity index (χ0v) is 44.7. The van der Waals surface area contributed by atoms with Crippen LogP contribution in [0.1, 0.15) is 44.5 Å². The van der Waals surface area contributed by atoms with Crippen LogP contribution in [0.25, 0.3) is 45.0 Å². The number of pyridine rings is 2. The Morgan fingerprint density at radius 1 is 0.256 bits per heavy atom. The first-order valence-corrected chi connectivity index (χ1v) is 28.8. The molecular weight excluding hydrogens is 1030 g/mol. The first-order valence-electron chi connectivity index (χ1n) is 25.5. The van der Waals surface area contributed by atoms with Gasteiger partial charge in [0.1, 0.15) is 19.0 Å². The van der Waals surface area contributed by atoms with Gasteiger partial charge in [-0.05, 0) is 123 Å². The Kier molecular flexibility index (Phi) is 11.5. The Morgan fingerprint density at radius 2 is 0.603 bits per heavy atom. The van der Waals surface area contributed by atoms with Crippen LogP contribution in [0.15, 0.2) is 289 Å². The zero-order valence-electron chi connectivity index (χ0n) is 41.4. The molecule has 0 fully saturated rings. The van der Waals surface area contributed by atoms with Crippen LogP contribution in [0, 0.1) is 0 Å².